The van der Waals surface area contributed by atoms with Crippen molar-refractivity contribution in [3.8, 4) is 0 Å². The van der Waals surface area contributed by atoms with Gasteiger partial charge in [0.05, 0.1) is 11.4 Å². The second-order valence-electron chi connectivity index (χ2n) is 6.59. The molecule has 1 fully saturated rings. The summed E-state index contributed by atoms with van der Waals surface area (Å²) >= 11 is 0. The molecular weight excluding hydrogens is 292 g/mol. The third-order valence-corrected chi connectivity index (χ3v) is 4.67. The van der Waals surface area contributed by atoms with Crippen molar-refractivity contribution < 1.29 is 9.15 Å². The molecule has 6 heteroatoms. The summed E-state index contributed by atoms with van der Waals surface area (Å²) in [5.74, 6) is 1.30. The fraction of sp³-hybridized carbons (Fsp3) is 0.647. The van der Waals surface area contributed by atoms with Gasteiger partial charge < -0.3 is 14.5 Å². The van der Waals surface area contributed by atoms with Crippen molar-refractivity contribution in [1.29, 1.82) is 0 Å². The van der Waals surface area contributed by atoms with Gasteiger partial charge in [-0.1, -0.05) is 13.8 Å². The monoisotopic (exact) mass is 318 g/mol. The van der Waals surface area contributed by atoms with Crippen LogP contribution in [0.1, 0.15) is 60.7 Å². The molecule has 0 bridgehead atoms. The summed E-state index contributed by atoms with van der Waals surface area (Å²) in [5.41, 5.74) is 4.43. The van der Waals surface area contributed by atoms with E-state index in [0.29, 0.717) is 12.5 Å². The van der Waals surface area contributed by atoms with Crippen molar-refractivity contribution in [3.05, 3.63) is 34.8 Å². The number of hydrogen-bond donors (Lipinski definition) is 1. The molecular formula is C17H26N4O2. The first kappa shape index (κ1) is 16.2. The van der Waals surface area contributed by atoms with Gasteiger partial charge in [0.15, 0.2) is 6.39 Å². The molecule has 0 unspecified atom stereocenters. The molecule has 2 atom stereocenters. The summed E-state index contributed by atoms with van der Waals surface area (Å²) in [4.78, 5) is 4.35. The van der Waals surface area contributed by atoms with E-state index in [1.807, 2.05) is 11.7 Å². The molecule has 0 saturated carbocycles. The Hall–Kier alpha value is -1.66. The van der Waals surface area contributed by atoms with Crippen LogP contribution in [-0.2, 0) is 18.3 Å². The molecule has 1 N–H and O–H groups in total. The number of aromatic nitrogens is 3. The maximum atomic E-state index is 6.01. The Kier molecular flexibility index (Phi) is 4.55. The lowest BCUT2D eigenvalue weighted by atomic mass is 10.00. The van der Waals surface area contributed by atoms with Crippen LogP contribution >= 0.6 is 0 Å². The molecule has 6 nitrogen and oxygen atoms in total. The molecule has 0 spiro atoms. The molecule has 0 amide bonds. The Morgan fingerprint density at radius 1 is 1.39 bits per heavy atom. The van der Waals surface area contributed by atoms with Gasteiger partial charge >= 0.3 is 0 Å². The van der Waals surface area contributed by atoms with E-state index in [4.69, 9.17) is 9.15 Å². The van der Waals surface area contributed by atoms with Gasteiger partial charge in [0.2, 0.25) is 0 Å². The molecule has 0 radical (unpaired) electrons. The quantitative estimate of drug-likeness (QED) is 0.918. The zero-order chi connectivity index (χ0) is 16.6. The lowest BCUT2D eigenvalue weighted by Gasteiger charge is -2.20. The van der Waals surface area contributed by atoms with E-state index in [9.17, 15) is 0 Å². The largest absolute Gasteiger partial charge is 0.448 e. The SMILES string of the molecule is Cc1nn(C)c(C)c1[C@H]1OCC[C@@H]1NCc1ncoc1C(C)C. The van der Waals surface area contributed by atoms with Crippen LogP contribution in [0, 0.1) is 13.8 Å². The average Bonchev–Trinajstić information content (AvgIpc) is 3.18. The highest BCUT2D eigenvalue weighted by Crippen LogP contribution is 2.33. The first-order valence-corrected chi connectivity index (χ1v) is 8.26. The third kappa shape index (κ3) is 3.05. The van der Waals surface area contributed by atoms with E-state index in [0.717, 1.165) is 30.2 Å². The van der Waals surface area contributed by atoms with Gasteiger partial charge in [-0.25, -0.2) is 4.98 Å². The van der Waals surface area contributed by atoms with Gasteiger partial charge in [0, 0.05) is 43.4 Å². The number of nitrogens with zero attached hydrogens (tertiary/aromatic N) is 3. The van der Waals surface area contributed by atoms with Crippen molar-refractivity contribution in [2.75, 3.05) is 6.61 Å². The second-order valence-corrected chi connectivity index (χ2v) is 6.59. The minimum absolute atomic E-state index is 0.0538. The maximum Gasteiger partial charge on any atom is 0.181 e. The normalized spacial score (nSPS) is 21.5. The fourth-order valence-electron chi connectivity index (χ4n) is 3.39. The van der Waals surface area contributed by atoms with E-state index in [2.05, 4.69) is 43.1 Å². The van der Waals surface area contributed by atoms with Crippen LogP contribution in [0.3, 0.4) is 0 Å². The first-order valence-electron chi connectivity index (χ1n) is 8.26. The Bertz CT molecular complexity index is 674. The Morgan fingerprint density at radius 3 is 2.83 bits per heavy atom. The summed E-state index contributed by atoms with van der Waals surface area (Å²) in [6, 6.07) is 0.272. The summed E-state index contributed by atoms with van der Waals surface area (Å²) in [5, 5.41) is 8.13. The predicted octanol–water partition coefficient (Wildman–Crippen LogP) is 2.77. The van der Waals surface area contributed by atoms with Gasteiger partial charge in [-0.05, 0) is 20.3 Å². The Morgan fingerprint density at radius 2 is 2.17 bits per heavy atom. The highest BCUT2D eigenvalue weighted by Gasteiger charge is 2.33. The minimum atomic E-state index is 0.0538. The Labute approximate surface area is 137 Å². The topological polar surface area (TPSA) is 65.1 Å². The number of hydrogen-bond acceptors (Lipinski definition) is 5. The van der Waals surface area contributed by atoms with Crippen LogP contribution in [0.5, 0.6) is 0 Å². The molecule has 23 heavy (non-hydrogen) atoms. The average molecular weight is 318 g/mol. The number of rotatable bonds is 5. The molecule has 126 valence electrons. The van der Waals surface area contributed by atoms with Crippen LogP contribution < -0.4 is 5.32 Å². The van der Waals surface area contributed by atoms with Crippen LogP contribution in [-0.4, -0.2) is 27.4 Å². The number of aryl methyl sites for hydroxylation is 2. The van der Waals surface area contributed by atoms with E-state index >= 15 is 0 Å². The zero-order valence-electron chi connectivity index (χ0n) is 14.6. The second kappa shape index (κ2) is 6.45. The molecule has 0 aliphatic carbocycles. The van der Waals surface area contributed by atoms with Crippen molar-refractivity contribution in [1.82, 2.24) is 20.1 Å². The van der Waals surface area contributed by atoms with Crippen molar-refractivity contribution >= 4 is 0 Å². The molecule has 1 aliphatic rings. The van der Waals surface area contributed by atoms with Crippen molar-refractivity contribution in [2.24, 2.45) is 7.05 Å². The summed E-state index contributed by atoms with van der Waals surface area (Å²) in [6.07, 6.45) is 2.58. The van der Waals surface area contributed by atoms with E-state index in [-0.39, 0.29) is 12.1 Å². The molecule has 1 saturated heterocycles. The summed E-state index contributed by atoms with van der Waals surface area (Å²) in [6.45, 7) is 9.86. The van der Waals surface area contributed by atoms with Gasteiger partial charge in [-0.3, -0.25) is 4.68 Å². The third-order valence-electron chi connectivity index (χ3n) is 4.67. The molecule has 0 aromatic carbocycles. The maximum absolute atomic E-state index is 6.01. The lowest BCUT2D eigenvalue weighted by Crippen LogP contribution is -2.32. The number of nitrogens with one attached hydrogen (secondary N) is 1. The number of oxazole rings is 1. The predicted molar refractivity (Wildman–Crippen MR) is 87.2 cm³/mol. The van der Waals surface area contributed by atoms with Crippen molar-refractivity contribution in [3.63, 3.8) is 0 Å². The fourth-order valence-corrected chi connectivity index (χ4v) is 3.39. The van der Waals surface area contributed by atoms with Gasteiger partial charge in [-0.15, -0.1) is 0 Å². The van der Waals surface area contributed by atoms with E-state index in [1.54, 1.807) is 0 Å². The lowest BCUT2D eigenvalue weighted by molar-refractivity contribution is 0.0973. The zero-order valence-corrected chi connectivity index (χ0v) is 14.6. The van der Waals surface area contributed by atoms with Crippen molar-refractivity contribution in [2.45, 2.75) is 58.7 Å². The van der Waals surface area contributed by atoms with E-state index in [1.165, 1.54) is 17.7 Å². The smallest absolute Gasteiger partial charge is 0.181 e. The van der Waals surface area contributed by atoms with Crippen LogP contribution in [0.2, 0.25) is 0 Å². The highest BCUT2D eigenvalue weighted by atomic mass is 16.5. The summed E-state index contributed by atoms with van der Waals surface area (Å²) in [7, 11) is 1.98. The standard InChI is InChI=1S/C17H26N4O2/c1-10(2)16-14(19-9-23-16)8-18-13-6-7-22-17(13)15-11(3)20-21(5)12(15)4/h9-10,13,17-18H,6-8H2,1-5H3/t13-,17-/m0/s1. The molecule has 3 heterocycles. The van der Waals surface area contributed by atoms with E-state index < -0.39 is 0 Å². The Balaban J connectivity index is 1.74. The summed E-state index contributed by atoms with van der Waals surface area (Å²) < 4.78 is 13.4. The van der Waals surface area contributed by atoms with Crippen LogP contribution in [0.15, 0.2) is 10.8 Å². The number of ether oxygens (including phenoxy) is 1. The first-order chi connectivity index (χ1) is 11.0. The van der Waals surface area contributed by atoms with Gasteiger partial charge in [0.25, 0.3) is 0 Å². The molecule has 2 aromatic heterocycles. The minimum Gasteiger partial charge on any atom is -0.448 e. The highest BCUT2D eigenvalue weighted by molar-refractivity contribution is 5.29. The van der Waals surface area contributed by atoms with Gasteiger partial charge in [-0.2, -0.15) is 5.10 Å². The molecule has 3 rings (SSSR count). The van der Waals surface area contributed by atoms with Crippen LogP contribution in [0.25, 0.3) is 0 Å². The molecule has 1 aliphatic heterocycles. The van der Waals surface area contributed by atoms with Crippen LogP contribution in [0.4, 0.5) is 0 Å². The van der Waals surface area contributed by atoms with Gasteiger partial charge in [0.1, 0.15) is 11.9 Å². The molecule has 2 aromatic rings.